The van der Waals surface area contributed by atoms with Crippen molar-refractivity contribution in [2.75, 3.05) is 11.9 Å². The van der Waals surface area contributed by atoms with Gasteiger partial charge in [0.2, 0.25) is 0 Å². The van der Waals surface area contributed by atoms with Crippen molar-refractivity contribution in [3.8, 4) is 0 Å². The molecule has 120 valence electrons. The van der Waals surface area contributed by atoms with Crippen molar-refractivity contribution in [3.05, 3.63) is 41.5 Å². The minimum absolute atomic E-state index is 0.599. The van der Waals surface area contributed by atoms with Crippen LogP contribution < -0.4 is 5.32 Å². The number of anilines is 1. The Hall–Kier alpha value is -2.30. The Morgan fingerprint density at radius 3 is 3.04 bits per heavy atom. The molecule has 0 amide bonds. The van der Waals surface area contributed by atoms with Crippen molar-refractivity contribution >= 4 is 17.1 Å². The molecule has 3 heterocycles. The molecule has 3 aromatic rings. The molecule has 1 aliphatic rings. The molecule has 0 saturated carbocycles. The zero-order valence-corrected chi connectivity index (χ0v) is 13.5. The van der Waals surface area contributed by atoms with Crippen LogP contribution in [0.1, 0.15) is 36.8 Å². The fourth-order valence-corrected chi connectivity index (χ4v) is 3.22. The van der Waals surface area contributed by atoms with Crippen LogP contribution in [0.5, 0.6) is 0 Å². The van der Waals surface area contributed by atoms with Gasteiger partial charge < -0.3 is 14.3 Å². The van der Waals surface area contributed by atoms with E-state index in [0.29, 0.717) is 6.01 Å². The minimum Gasteiger partial charge on any atom is -0.424 e. The molecule has 0 radical (unpaired) electrons. The van der Waals surface area contributed by atoms with Crippen molar-refractivity contribution in [2.45, 2.75) is 45.6 Å². The number of oxazole rings is 1. The molecule has 4 rings (SSSR count). The quantitative estimate of drug-likeness (QED) is 0.782. The van der Waals surface area contributed by atoms with E-state index in [9.17, 15) is 0 Å². The molecule has 0 spiro atoms. The van der Waals surface area contributed by atoms with Gasteiger partial charge in [0.05, 0.1) is 5.69 Å². The number of aryl methyl sites for hydroxylation is 4. The summed E-state index contributed by atoms with van der Waals surface area (Å²) in [5.74, 6) is 1.26. The molecule has 2 aromatic heterocycles. The number of nitrogens with one attached hydrogen (secondary N) is 1. The summed E-state index contributed by atoms with van der Waals surface area (Å²) in [6, 6.07) is 6.85. The number of hydrogen-bond donors (Lipinski definition) is 1. The van der Waals surface area contributed by atoms with Crippen LogP contribution in [0.25, 0.3) is 11.1 Å². The van der Waals surface area contributed by atoms with Gasteiger partial charge >= 0.3 is 0 Å². The average Bonchev–Trinajstić information content (AvgIpc) is 3.15. The van der Waals surface area contributed by atoms with E-state index in [-0.39, 0.29) is 0 Å². The maximum Gasteiger partial charge on any atom is 0.295 e. The molecule has 23 heavy (non-hydrogen) atoms. The zero-order valence-electron chi connectivity index (χ0n) is 13.5. The van der Waals surface area contributed by atoms with Gasteiger partial charge in [0.25, 0.3) is 6.01 Å². The highest BCUT2D eigenvalue weighted by atomic mass is 16.4. The van der Waals surface area contributed by atoms with Crippen LogP contribution in [0.3, 0.4) is 0 Å². The Morgan fingerprint density at radius 2 is 2.17 bits per heavy atom. The van der Waals surface area contributed by atoms with E-state index >= 15 is 0 Å². The Balaban J connectivity index is 1.47. The van der Waals surface area contributed by atoms with Crippen molar-refractivity contribution in [3.63, 3.8) is 0 Å². The van der Waals surface area contributed by atoms with Crippen molar-refractivity contribution in [1.82, 2.24) is 14.5 Å². The van der Waals surface area contributed by atoms with Gasteiger partial charge in [0, 0.05) is 25.7 Å². The van der Waals surface area contributed by atoms with Gasteiger partial charge in [-0.15, -0.1) is 0 Å². The molecule has 1 aromatic carbocycles. The van der Waals surface area contributed by atoms with Gasteiger partial charge in [-0.3, -0.25) is 0 Å². The summed E-state index contributed by atoms with van der Waals surface area (Å²) in [5.41, 5.74) is 4.24. The first kappa shape index (κ1) is 14.3. The normalized spacial score (nSPS) is 14.1. The van der Waals surface area contributed by atoms with Crippen LogP contribution in [-0.2, 0) is 25.8 Å². The number of rotatable bonds is 5. The summed E-state index contributed by atoms with van der Waals surface area (Å²) in [5, 5.41) is 3.11. The Kier molecular flexibility index (Phi) is 3.77. The third-order valence-corrected chi connectivity index (χ3v) is 4.41. The van der Waals surface area contributed by atoms with E-state index in [2.05, 4.69) is 33.2 Å². The predicted molar refractivity (Wildman–Crippen MR) is 90.7 cm³/mol. The molecular formula is C18H22N4O. The van der Waals surface area contributed by atoms with E-state index in [1.165, 1.54) is 29.9 Å². The summed E-state index contributed by atoms with van der Waals surface area (Å²) >= 11 is 0. The van der Waals surface area contributed by atoms with Crippen LogP contribution in [0.2, 0.25) is 0 Å². The number of benzene rings is 1. The van der Waals surface area contributed by atoms with Crippen LogP contribution in [0.4, 0.5) is 6.01 Å². The second-order valence-corrected chi connectivity index (χ2v) is 6.15. The molecule has 1 N–H and O–H groups in total. The number of imidazole rings is 1. The molecular weight excluding hydrogens is 288 g/mol. The molecule has 0 aliphatic carbocycles. The third-order valence-electron chi connectivity index (χ3n) is 4.41. The first-order valence-electron chi connectivity index (χ1n) is 8.50. The second-order valence-electron chi connectivity index (χ2n) is 6.15. The molecule has 0 saturated heterocycles. The molecule has 0 atom stereocenters. The molecule has 0 unspecified atom stereocenters. The lowest BCUT2D eigenvalue weighted by atomic mass is 10.1. The van der Waals surface area contributed by atoms with Gasteiger partial charge in [-0.25, -0.2) is 4.98 Å². The monoisotopic (exact) mass is 310 g/mol. The first-order valence-corrected chi connectivity index (χ1v) is 8.50. The maximum atomic E-state index is 5.64. The molecule has 0 bridgehead atoms. The van der Waals surface area contributed by atoms with Crippen molar-refractivity contribution < 1.29 is 4.42 Å². The summed E-state index contributed by atoms with van der Waals surface area (Å²) < 4.78 is 7.97. The lowest BCUT2D eigenvalue weighted by molar-refractivity contribution is 0.522. The van der Waals surface area contributed by atoms with Crippen LogP contribution >= 0.6 is 0 Å². The zero-order chi connectivity index (χ0) is 15.6. The third kappa shape index (κ3) is 2.96. The number of nitrogens with zero attached hydrogens (tertiary/aromatic N) is 3. The Morgan fingerprint density at radius 1 is 1.22 bits per heavy atom. The lowest BCUT2D eigenvalue weighted by Crippen LogP contribution is -2.08. The fourth-order valence-electron chi connectivity index (χ4n) is 3.22. The fraction of sp³-hybridized carbons (Fsp3) is 0.444. The standard InChI is InChI=1S/C18H22N4O/c1-2-19-18-21-15-11-13(7-9-16(15)23-18)6-8-14-12-22-10-4-3-5-17(22)20-14/h7,9,11-12H,2-6,8,10H2,1H3,(H,19,21). The summed E-state index contributed by atoms with van der Waals surface area (Å²) in [6.07, 6.45) is 7.86. The Bertz CT molecular complexity index is 794. The van der Waals surface area contributed by atoms with E-state index in [0.717, 1.165) is 43.5 Å². The molecule has 5 nitrogen and oxygen atoms in total. The SMILES string of the molecule is CCNc1nc2cc(CCc3cn4c(n3)CCCC4)ccc2o1. The summed E-state index contributed by atoms with van der Waals surface area (Å²) in [7, 11) is 0. The highest BCUT2D eigenvalue weighted by Gasteiger charge is 2.12. The van der Waals surface area contributed by atoms with Gasteiger partial charge in [-0.2, -0.15) is 4.98 Å². The summed E-state index contributed by atoms with van der Waals surface area (Å²) in [4.78, 5) is 9.25. The lowest BCUT2D eigenvalue weighted by Gasteiger charge is -2.11. The smallest absolute Gasteiger partial charge is 0.295 e. The number of fused-ring (bicyclic) bond motifs is 2. The second kappa shape index (κ2) is 6.07. The topological polar surface area (TPSA) is 55.9 Å². The van der Waals surface area contributed by atoms with Crippen LogP contribution in [0, 0.1) is 0 Å². The molecule has 1 aliphatic heterocycles. The number of hydrogen-bond acceptors (Lipinski definition) is 4. The van der Waals surface area contributed by atoms with Gasteiger partial charge in [-0.1, -0.05) is 6.07 Å². The predicted octanol–water partition coefficient (Wildman–Crippen LogP) is 3.58. The van der Waals surface area contributed by atoms with Crippen LogP contribution in [0.15, 0.2) is 28.8 Å². The maximum absolute atomic E-state index is 5.64. The van der Waals surface area contributed by atoms with Gasteiger partial charge in [0.15, 0.2) is 5.58 Å². The molecule has 5 heteroatoms. The van der Waals surface area contributed by atoms with Crippen molar-refractivity contribution in [2.24, 2.45) is 0 Å². The highest BCUT2D eigenvalue weighted by molar-refractivity contribution is 5.75. The Labute approximate surface area is 135 Å². The van der Waals surface area contributed by atoms with Crippen molar-refractivity contribution in [1.29, 1.82) is 0 Å². The van der Waals surface area contributed by atoms with E-state index < -0.39 is 0 Å². The largest absolute Gasteiger partial charge is 0.424 e. The highest BCUT2D eigenvalue weighted by Crippen LogP contribution is 2.21. The number of aromatic nitrogens is 3. The molecule has 0 fully saturated rings. The minimum atomic E-state index is 0.599. The van der Waals surface area contributed by atoms with E-state index in [4.69, 9.17) is 9.40 Å². The van der Waals surface area contributed by atoms with E-state index in [1.807, 2.05) is 13.0 Å². The first-order chi connectivity index (χ1) is 11.3. The van der Waals surface area contributed by atoms with E-state index in [1.54, 1.807) is 0 Å². The summed E-state index contributed by atoms with van der Waals surface area (Å²) in [6.45, 7) is 3.97. The average molecular weight is 310 g/mol. The van der Waals surface area contributed by atoms with Gasteiger partial charge in [-0.05, 0) is 50.3 Å². The van der Waals surface area contributed by atoms with Gasteiger partial charge in [0.1, 0.15) is 11.3 Å². The van der Waals surface area contributed by atoms with Crippen LogP contribution in [-0.4, -0.2) is 21.1 Å².